The summed E-state index contributed by atoms with van der Waals surface area (Å²) in [4.78, 5) is 33.7. The van der Waals surface area contributed by atoms with E-state index in [9.17, 15) is 9.59 Å². The molecule has 9 nitrogen and oxygen atoms in total. The van der Waals surface area contributed by atoms with Gasteiger partial charge in [-0.05, 0) is 55.3 Å². The monoisotopic (exact) mass is 474 g/mol. The molecule has 1 N–H and O–H groups in total. The normalized spacial score (nSPS) is 10.7. The van der Waals surface area contributed by atoms with Crippen molar-refractivity contribution in [3.63, 3.8) is 0 Å². The number of aryl methyl sites for hydroxylation is 2. The number of amides is 1. The Morgan fingerprint density at radius 1 is 1.00 bits per heavy atom. The van der Waals surface area contributed by atoms with Crippen LogP contribution in [0.1, 0.15) is 18.4 Å². The average molecular weight is 475 g/mol. The molecule has 4 aromatic rings. The maximum atomic E-state index is 12.9. The molecule has 9 heteroatoms. The summed E-state index contributed by atoms with van der Waals surface area (Å²) < 4.78 is 17.9. The Kier molecular flexibility index (Phi) is 7.25. The van der Waals surface area contributed by atoms with Gasteiger partial charge >= 0.3 is 0 Å². The van der Waals surface area contributed by atoms with Crippen LogP contribution in [0.15, 0.2) is 66.0 Å². The van der Waals surface area contributed by atoms with Crippen LogP contribution in [0.5, 0.6) is 23.0 Å². The van der Waals surface area contributed by atoms with Crippen LogP contribution in [0.4, 0.5) is 5.69 Å². The number of nitrogens with zero attached hydrogens (tertiary/aromatic N) is 3. The van der Waals surface area contributed by atoms with Gasteiger partial charge in [0.15, 0.2) is 11.5 Å². The molecule has 0 saturated carbocycles. The van der Waals surface area contributed by atoms with E-state index in [0.29, 0.717) is 52.6 Å². The van der Waals surface area contributed by atoms with Crippen LogP contribution in [0.25, 0.3) is 10.9 Å². The van der Waals surface area contributed by atoms with Crippen molar-refractivity contribution in [3.05, 3.63) is 77.1 Å². The number of carbonyl (C=O) groups excluding carboxylic acids is 1. The molecule has 0 spiro atoms. The van der Waals surface area contributed by atoms with E-state index < -0.39 is 0 Å². The number of fused-ring (bicyclic) bond motifs is 1. The number of hydrogen-bond acceptors (Lipinski definition) is 7. The fourth-order valence-corrected chi connectivity index (χ4v) is 3.65. The van der Waals surface area contributed by atoms with Crippen molar-refractivity contribution in [3.8, 4) is 23.0 Å². The SMILES string of the molecule is COc1cc2ncn(CCCC(=O)Nc3ccc(Oc4ccncc4)c(C)c3)c(=O)c2cc1OC. The molecule has 0 unspecified atom stereocenters. The van der Waals surface area contributed by atoms with Gasteiger partial charge in [-0.3, -0.25) is 19.1 Å². The zero-order chi connectivity index (χ0) is 24.8. The molecule has 0 saturated heterocycles. The van der Waals surface area contributed by atoms with E-state index in [0.717, 1.165) is 5.56 Å². The lowest BCUT2D eigenvalue weighted by molar-refractivity contribution is -0.116. The zero-order valence-electron chi connectivity index (χ0n) is 19.8. The van der Waals surface area contributed by atoms with Gasteiger partial charge in [0, 0.05) is 37.1 Å². The molecule has 180 valence electrons. The van der Waals surface area contributed by atoms with Crippen molar-refractivity contribution in [2.24, 2.45) is 0 Å². The Morgan fingerprint density at radius 2 is 1.74 bits per heavy atom. The third-order valence-electron chi connectivity index (χ3n) is 5.47. The summed E-state index contributed by atoms with van der Waals surface area (Å²) in [6.07, 6.45) is 5.54. The van der Waals surface area contributed by atoms with Crippen molar-refractivity contribution < 1.29 is 19.0 Å². The second-order valence-electron chi connectivity index (χ2n) is 7.88. The molecule has 0 radical (unpaired) electrons. The standard InChI is InChI=1S/C26H26N4O5/c1-17-13-18(6-7-22(17)35-19-8-10-27-11-9-19)29-25(31)5-4-12-30-16-28-21-15-24(34-3)23(33-2)14-20(21)26(30)32/h6-11,13-16H,4-5,12H2,1-3H3,(H,29,31). The number of benzene rings is 2. The predicted octanol–water partition coefficient (Wildman–Crippen LogP) is 4.33. The molecule has 2 aromatic carbocycles. The Hall–Kier alpha value is -4.40. The highest BCUT2D eigenvalue weighted by Crippen LogP contribution is 2.30. The van der Waals surface area contributed by atoms with Crippen LogP contribution < -0.4 is 25.1 Å². The van der Waals surface area contributed by atoms with Crippen molar-refractivity contribution in [1.29, 1.82) is 0 Å². The number of nitrogens with one attached hydrogen (secondary N) is 1. The molecular weight excluding hydrogens is 448 g/mol. The van der Waals surface area contributed by atoms with Gasteiger partial charge in [0.2, 0.25) is 5.91 Å². The minimum Gasteiger partial charge on any atom is -0.493 e. The average Bonchev–Trinajstić information content (AvgIpc) is 2.87. The number of anilines is 1. The second kappa shape index (κ2) is 10.7. The van der Waals surface area contributed by atoms with Gasteiger partial charge in [-0.1, -0.05) is 0 Å². The highest BCUT2D eigenvalue weighted by atomic mass is 16.5. The van der Waals surface area contributed by atoms with Gasteiger partial charge in [-0.25, -0.2) is 4.98 Å². The van der Waals surface area contributed by atoms with Crippen molar-refractivity contribution in [2.45, 2.75) is 26.3 Å². The quantitative estimate of drug-likeness (QED) is 0.385. The van der Waals surface area contributed by atoms with E-state index in [-0.39, 0.29) is 17.9 Å². The van der Waals surface area contributed by atoms with Gasteiger partial charge < -0.3 is 19.5 Å². The maximum Gasteiger partial charge on any atom is 0.261 e. The Morgan fingerprint density at radius 3 is 2.46 bits per heavy atom. The smallest absolute Gasteiger partial charge is 0.261 e. The number of methoxy groups -OCH3 is 2. The van der Waals surface area contributed by atoms with Crippen LogP contribution in [0.2, 0.25) is 0 Å². The van der Waals surface area contributed by atoms with Crippen molar-refractivity contribution >= 4 is 22.5 Å². The summed E-state index contributed by atoms with van der Waals surface area (Å²) in [6.45, 7) is 2.27. The lowest BCUT2D eigenvalue weighted by Crippen LogP contribution is -2.22. The van der Waals surface area contributed by atoms with E-state index in [4.69, 9.17) is 14.2 Å². The molecule has 2 heterocycles. The van der Waals surface area contributed by atoms with E-state index in [2.05, 4.69) is 15.3 Å². The minimum atomic E-state index is -0.197. The number of ether oxygens (including phenoxy) is 3. The Balaban J connectivity index is 1.35. The van der Waals surface area contributed by atoms with Gasteiger partial charge in [0.25, 0.3) is 5.56 Å². The highest BCUT2D eigenvalue weighted by molar-refractivity contribution is 5.90. The predicted molar refractivity (Wildman–Crippen MR) is 132 cm³/mol. The summed E-state index contributed by atoms with van der Waals surface area (Å²) in [7, 11) is 3.04. The zero-order valence-corrected chi connectivity index (χ0v) is 19.8. The van der Waals surface area contributed by atoms with E-state index >= 15 is 0 Å². The topological polar surface area (TPSA) is 105 Å². The first-order valence-corrected chi connectivity index (χ1v) is 11.1. The molecule has 0 atom stereocenters. The first-order valence-electron chi connectivity index (χ1n) is 11.1. The molecule has 1 amide bonds. The third kappa shape index (κ3) is 5.57. The summed E-state index contributed by atoms with van der Waals surface area (Å²) in [6, 6.07) is 12.3. The fourth-order valence-electron chi connectivity index (χ4n) is 3.65. The van der Waals surface area contributed by atoms with Crippen LogP contribution in [-0.4, -0.2) is 34.7 Å². The lowest BCUT2D eigenvalue weighted by Gasteiger charge is -2.12. The number of rotatable bonds is 9. The first-order chi connectivity index (χ1) is 17.0. The van der Waals surface area contributed by atoms with E-state index in [1.807, 2.05) is 19.1 Å². The molecular formula is C26H26N4O5. The summed E-state index contributed by atoms with van der Waals surface area (Å²) in [5.41, 5.74) is 1.89. The van der Waals surface area contributed by atoms with Crippen LogP contribution in [0, 0.1) is 6.92 Å². The van der Waals surface area contributed by atoms with E-state index in [1.165, 1.54) is 25.1 Å². The highest BCUT2D eigenvalue weighted by Gasteiger charge is 2.12. The number of aromatic nitrogens is 3. The van der Waals surface area contributed by atoms with Crippen molar-refractivity contribution in [1.82, 2.24) is 14.5 Å². The van der Waals surface area contributed by atoms with E-state index in [1.54, 1.807) is 42.7 Å². The third-order valence-corrected chi connectivity index (χ3v) is 5.47. The Bertz CT molecular complexity index is 1400. The molecule has 4 rings (SSSR count). The summed E-state index contributed by atoms with van der Waals surface area (Å²) in [5.74, 6) is 2.22. The van der Waals surface area contributed by atoms with Gasteiger partial charge in [0.05, 0.1) is 31.4 Å². The van der Waals surface area contributed by atoms with Gasteiger partial charge in [-0.15, -0.1) is 0 Å². The molecule has 0 fully saturated rings. The fraction of sp³-hybridized carbons (Fsp3) is 0.231. The number of carbonyl (C=O) groups is 1. The van der Waals surface area contributed by atoms with Crippen molar-refractivity contribution in [2.75, 3.05) is 19.5 Å². The summed E-state index contributed by atoms with van der Waals surface area (Å²) >= 11 is 0. The maximum absolute atomic E-state index is 12.9. The van der Waals surface area contributed by atoms with Crippen LogP contribution in [-0.2, 0) is 11.3 Å². The second-order valence-corrected chi connectivity index (χ2v) is 7.88. The summed E-state index contributed by atoms with van der Waals surface area (Å²) in [5, 5.41) is 3.32. The molecule has 0 aliphatic carbocycles. The lowest BCUT2D eigenvalue weighted by atomic mass is 10.2. The van der Waals surface area contributed by atoms with Crippen LogP contribution >= 0.6 is 0 Å². The first kappa shape index (κ1) is 23.7. The molecule has 2 aromatic heterocycles. The van der Waals surface area contributed by atoms with Gasteiger partial charge in [-0.2, -0.15) is 0 Å². The largest absolute Gasteiger partial charge is 0.493 e. The molecule has 0 bridgehead atoms. The Labute approximate surface area is 202 Å². The number of hydrogen-bond donors (Lipinski definition) is 1. The molecule has 0 aliphatic rings. The number of pyridine rings is 1. The minimum absolute atomic E-state index is 0.139. The molecule has 35 heavy (non-hydrogen) atoms. The van der Waals surface area contributed by atoms with Crippen LogP contribution in [0.3, 0.4) is 0 Å². The van der Waals surface area contributed by atoms with Gasteiger partial charge in [0.1, 0.15) is 11.5 Å². The molecule has 0 aliphatic heterocycles.